The molecule has 1 amide bonds. The van der Waals surface area contributed by atoms with E-state index in [1.807, 2.05) is 54.8 Å². The number of thioether (sulfide) groups is 1. The Hall–Kier alpha value is -1.95. The molecule has 182 valence electrons. The highest BCUT2D eigenvalue weighted by Crippen LogP contribution is 2.37. The number of hydrogen-bond donors (Lipinski definition) is 0. The third kappa shape index (κ3) is 4.87. The predicted octanol–water partition coefficient (Wildman–Crippen LogP) is 6.12. The molecule has 2 aromatic carbocycles. The standard InChI is InChI=1S/C24H22ClN3O3S4/c1-32-18-10-5-11-19-22(18)26-24(33-19)27(15-16-7-3-2-4-8-16)23(29)17-9-6-14-28(17)35(30,31)21-13-12-20(25)34-21/h2-5,7-8,10-13,17H,6,9,14-15H2,1H3. The molecule has 0 aliphatic carbocycles. The monoisotopic (exact) mass is 563 g/mol. The lowest BCUT2D eigenvalue weighted by Crippen LogP contribution is -2.47. The second-order valence-corrected chi connectivity index (χ2v) is 13.7. The Balaban J connectivity index is 1.54. The Bertz CT molecular complexity index is 1470. The van der Waals surface area contributed by atoms with Crippen molar-refractivity contribution in [1.82, 2.24) is 9.29 Å². The van der Waals surface area contributed by atoms with Crippen molar-refractivity contribution in [2.75, 3.05) is 17.7 Å². The molecule has 5 rings (SSSR count). The number of carbonyl (C=O) groups excluding carboxylic acids is 1. The van der Waals surface area contributed by atoms with Gasteiger partial charge in [-0.15, -0.1) is 23.1 Å². The molecule has 6 nitrogen and oxygen atoms in total. The van der Waals surface area contributed by atoms with Crippen LogP contribution in [0.1, 0.15) is 18.4 Å². The molecule has 3 heterocycles. The minimum atomic E-state index is -3.84. The van der Waals surface area contributed by atoms with Crippen LogP contribution in [0.3, 0.4) is 0 Å². The zero-order chi connectivity index (χ0) is 24.6. The van der Waals surface area contributed by atoms with E-state index in [0.29, 0.717) is 35.4 Å². The van der Waals surface area contributed by atoms with E-state index in [1.165, 1.54) is 21.7 Å². The summed E-state index contributed by atoms with van der Waals surface area (Å²) in [6.07, 6.45) is 3.08. The maximum absolute atomic E-state index is 14.0. The quantitative estimate of drug-likeness (QED) is 0.253. The van der Waals surface area contributed by atoms with E-state index in [-0.39, 0.29) is 10.1 Å². The molecule has 0 N–H and O–H groups in total. The normalized spacial score (nSPS) is 16.7. The Kier molecular flexibility index (Phi) is 7.20. The average Bonchev–Trinajstić information content (AvgIpc) is 3.62. The Morgan fingerprint density at radius 1 is 1.14 bits per heavy atom. The van der Waals surface area contributed by atoms with Crippen LogP contribution in [-0.2, 0) is 21.4 Å². The predicted molar refractivity (Wildman–Crippen MR) is 145 cm³/mol. The summed E-state index contributed by atoms with van der Waals surface area (Å²) in [4.78, 5) is 21.6. The van der Waals surface area contributed by atoms with Crippen LogP contribution in [0, 0.1) is 0 Å². The number of nitrogens with zero attached hydrogens (tertiary/aromatic N) is 3. The maximum atomic E-state index is 14.0. The summed E-state index contributed by atoms with van der Waals surface area (Å²) in [6.45, 7) is 0.604. The van der Waals surface area contributed by atoms with Gasteiger partial charge in [0.1, 0.15) is 10.3 Å². The lowest BCUT2D eigenvalue weighted by Gasteiger charge is -2.28. The van der Waals surface area contributed by atoms with Crippen molar-refractivity contribution in [2.45, 2.75) is 34.5 Å². The lowest BCUT2D eigenvalue weighted by molar-refractivity contribution is -0.121. The van der Waals surface area contributed by atoms with Crippen LogP contribution in [-0.4, -0.2) is 42.5 Å². The van der Waals surface area contributed by atoms with Gasteiger partial charge in [-0.1, -0.05) is 59.3 Å². The van der Waals surface area contributed by atoms with Crippen molar-refractivity contribution in [2.24, 2.45) is 0 Å². The van der Waals surface area contributed by atoms with Crippen LogP contribution in [0.5, 0.6) is 0 Å². The molecule has 0 spiro atoms. The molecule has 0 saturated carbocycles. The van der Waals surface area contributed by atoms with E-state index >= 15 is 0 Å². The van der Waals surface area contributed by atoms with Gasteiger partial charge in [-0.25, -0.2) is 13.4 Å². The van der Waals surface area contributed by atoms with Gasteiger partial charge in [0.2, 0.25) is 5.91 Å². The first-order valence-electron chi connectivity index (χ1n) is 10.9. The smallest absolute Gasteiger partial charge is 0.253 e. The number of thiazole rings is 1. The van der Waals surface area contributed by atoms with Gasteiger partial charge in [-0.3, -0.25) is 9.69 Å². The zero-order valence-electron chi connectivity index (χ0n) is 18.8. The summed E-state index contributed by atoms with van der Waals surface area (Å²) in [5.74, 6) is -0.262. The van der Waals surface area contributed by atoms with Gasteiger partial charge in [-0.2, -0.15) is 4.31 Å². The molecule has 1 aliphatic heterocycles. The molecule has 0 bridgehead atoms. The number of halogens is 1. The highest BCUT2D eigenvalue weighted by molar-refractivity contribution is 7.98. The number of hydrogen-bond acceptors (Lipinski definition) is 7. The van der Waals surface area contributed by atoms with Gasteiger partial charge in [0.15, 0.2) is 5.13 Å². The van der Waals surface area contributed by atoms with Crippen molar-refractivity contribution < 1.29 is 13.2 Å². The number of para-hydroxylation sites is 1. The highest BCUT2D eigenvalue weighted by atomic mass is 35.5. The van der Waals surface area contributed by atoms with E-state index in [0.717, 1.165) is 32.0 Å². The van der Waals surface area contributed by atoms with Gasteiger partial charge in [-0.05, 0) is 48.9 Å². The summed E-state index contributed by atoms with van der Waals surface area (Å²) < 4.78 is 29.7. The summed E-state index contributed by atoms with van der Waals surface area (Å²) >= 11 is 10.1. The summed E-state index contributed by atoms with van der Waals surface area (Å²) in [5, 5.41) is 0.568. The van der Waals surface area contributed by atoms with E-state index in [2.05, 4.69) is 0 Å². The maximum Gasteiger partial charge on any atom is 0.253 e. The summed E-state index contributed by atoms with van der Waals surface area (Å²) in [7, 11) is -3.84. The molecule has 1 unspecified atom stereocenters. The van der Waals surface area contributed by atoms with Gasteiger partial charge < -0.3 is 0 Å². The summed E-state index contributed by atoms with van der Waals surface area (Å²) in [6, 6.07) is 18.0. The highest BCUT2D eigenvalue weighted by Gasteiger charge is 2.42. The second kappa shape index (κ2) is 10.2. The fraction of sp³-hybridized carbons (Fsp3) is 0.250. The number of anilines is 1. The number of fused-ring (bicyclic) bond motifs is 1. The topological polar surface area (TPSA) is 70.6 Å². The van der Waals surface area contributed by atoms with Crippen molar-refractivity contribution in [3.8, 4) is 0 Å². The van der Waals surface area contributed by atoms with Crippen LogP contribution in [0.25, 0.3) is 10.2 Å². The molecular formula is C24H22ClN3O3S4. The largest absolute Gasteiger partial charge is 0.282 e. The summed E-state index contributed by atoms with van der Waals surface area (Å²) in [5.41, 5.74) is 1.80. The third-order valence-electron chi connectivity index (χ3n) is 5.87. The van der Waals surface area contributed by atoms with E-state index < -0.39 is 16.1 Å². The molecular weight excluding hydrogens is 542 g/mol. The molecule has 1 aliphatic rings. The van der Waals surface area contributed by atoms with Gasteiger partial charge >= 0.3 is 0 Å². The number of sulfonamides is 1. The van der Waals surface area contributed by atoms with Crippen LogP contribution < -0.4 is 4.90 Å². The van der Waals surface area contributed by atoms with E-state index in [4.69, 9.17) is 16.6 Å². The molecule has 35 heavy (non-hydrogen) atoms. The Labute approximate surface area is 221 Å². The van der Waals surface area contributed by atoms with Crippen molar-refractivity contribution >= 4 is 77.3 Å². The minimum Gasteiger partial charge on any atom is -0.282 e. The van der Waals surface area contributed by atoms with Gasteiger partial charge in [0.05, 0.1) is 21.1 Å². The van der Waals surface area contributed by atoms with Gasteiger partial charge in [0, 0.05) is 11.4 Å². The molecule has 1 fully saturated rings. The van der Waals surface area contributed by atoms with Crippen LogP contribution in [0.15, 0.2) is 69.8 Å². The fourth-order valence-corrected chi connectivity index (χ4v) is 9.09. The van der Waals surface area contributed by atoms with Crippen molar-refractivity contribution in [1.29, 1.82) is 0 Å². The van der Waals surface area contributed by atoms with E-state index in [1.54, 1.807) is 22.7 Å². The minimum absolute atomic E-state index is 0.154. The molecule has 0 radical (unpaired) electrons. The van der Waals surface area contributed by atoms with Crippen LogP contribution >= 0.6 is 46.0 Å². The van der Waals surface area contributed by atoms with Crippen molar-refractivity contribution in [3.63, 3.8) is 0 Å². The number of thiophene rings is 1. The first-order valence-corrected chi connectivity index (χ1v) is 15.6. The molecule has 4 aromatic rings. The van der Waals surface area contributed by atoms with E-state index in [9.17, 15) is 13.2 Å². The first-order chi connectivity index (χ1) is 16.9. The second-order valence-electron chi connectivity index (χ2n) is 8.05. The Morgan fingerprint density at radius 3 is 2.66 bits per heavy atom. The molecule has 1 saturated heterocycles. The molecule has 1 atom stereocenters. The zero-order valence-corrected chi connectivity index (χ0v) is 22.8. The molecule has 2 aromatic heterocycles. The van der Waals surface area contributed by atoms with Crippen LogP contribution in [0.4, 0.5) is 5.13 Å². The number of amides is 1. The van der Waals surface area contributed by atoms with Crippen molar-refractivity contribution in [3.05, 3.63) is 70.6 Å². The first kappa shape index (κ1) is 24.7. The third-order valence-corrected chi connectivity index (χ3v) is 11.3. The lowest BCUT2D eigenvalue weighted by atomic mass is 10.1. The Morgan fingerprint density at radius 2 is 1.94 bits per heavy atom. The van der Waals surface area contributed by atoms with Gasteiger partial charge in [0.25, 0.3) is 10.0 Å². The average molecular weight is 564 g/mol. The number of carbonyl (C=O) groups is 1. The number of benzene rings is 2. The number of rotatable bonds is 7. The SMILES string of the molecule is CSc1cccc2sc(N(Cc3ccccc3)C(=O)C3CCCN3S(=O)(=O)c3ccc(Cl)s3)nc12. The fourth-order valence-electron chi connectivity index (χ4n) is 4.20. The number of aromatic nitrogens is 1. The molecule has 11 heteroatoms. The van der Waals surface area contributed by atoms with Crippen LogP contribution in [0.2, 0.25) is 4.34 Å².